The van der Waals surface area contributed by atoms with E-state index in [1.54, 1.807) is 0 Å². The van der Waals surface area contributed by atoms with Gasteiger partial charge in [-0.25, -0.2) is 0 Å². The van der Waals surface area contributed by atoms with Crippen molar-refractivity contribution < 1.29 is 4.42 Å². The Morgan fingerprint density at radius 3 is 1.73 bits per heavy atom. The summed E-state index contributed by atoms with van der Waals surface area (Å²) in [6.45, 7) is 7.25. The second kappa shape index (κ2) is 16.8. The first-order valence-corrected chi connectivity index (χ1v) is 28.4. The van der Waals surface area contributed by atoms with Crippen LogP contribution in [0, 0.1) is 0 Å². The maximum absolute atomic E-state index is 6.28. The van der Waals surface area contributed by atoms with Gasteiger partial charge in [0.1, 0.15) is 11.2 Å². The predicted octanol–water partition coefficient (Wildman–Crippen LogP) is 18.8. The van der Waals surface area contributed by atoms with Gasteiger partial charge in [0, 0.05) is 65.5 Å². The Morgan fingerprint density at radius 2 is 0.943 bits per heavy atom. The van der Waals surface area contributed by atoms with E-state index in [-0.39, 0.29) is 0 Å². The van der Waals surface area contributed by atoms with Gasteiger partial charge in [0.2, 0.25) is 0 Å². The molecule has 0 radical (unpaired) electrons. The highest BCUT2D eigenvalue weighted by atomic mass is 32.2. The molecule has 2 heterocycles. The van der Waals surface area contributed by atoms with E-state index in [4.69, 9.17) is 4.42 Å². The highest BCUT2D eigenvalue weighted by molar-refractivity contribution is 7.99. The molecule has 5 heteroatoms. The standard InChI is InChI=1S/C65H48N2OSSi/c1-70(2,3)50-35-30-46(31-36-50)67(58-27-15-13-24-51(58)43-18-7-4-8-19-43)48-32-37-54-56(40-48)53-26-17-29-61-64(53)65(63(54)44-20-9-5-10-21-44)55-38-33-49(42-62(55)69-61)66(45-22-11-6-12-23-45)47-34-39-60-57(41-47)52-25-14-16-28-59(52)68-60/h4-42H,1-3H3. The third kappa shape index (κ3) is 7.12. The first-order chi connectivity index (χ1) is 34.4. The van der Waals surface area contributed by atoms with Crippen LogP contribution in [0.25, 0.3) is 76.9 Å². The molecular weight excluding hydrogens is 885 g/mol. The van der Waals surface area contributed by atoms with Crippen LogP contribution in [0.4, 0.5) is 34.1 Å². The highest BCUT2D eigenvalue weighted by Gasteiger charge is 2.28. The van der Waals surface area contributed by atoms with E-state index < -0.39 is 8.07 Å². The first-order valence-electron chi connectivity index (χ1n) is 24.1. The van der Waals surface area contributed by atoms with Gasteiger partial charge in [-0.2, -0.15) is 0 Å². The van der Waals surface area contributed by atoms with Crippen LogP contribution in [-0.2, 0) is 0 Å². The van der Waals surface area contributed by atoms with Crippen molar-refractivity contribution in [2.75, 3.05) is 9.80 Å². The normalized spacial score (nSPS) is 12.2. The number of fused-ring (bicyclic) bond motifs is 7. The summed E-state index contributed by atoms with van der Waals surface area (Å²) in [5, 5.41) is 8.68. The molecule has 1 aliphatic heterocycles. The number of hydrogen-bond acceptors (Lipinski definition) is 4. The van der Waals surface area contributed by atoms with Crippen LogP contribution in [0.1, 0.15) is 0 Å². The van der Waals surface area contributed by atoms with Gasteiger partial charge in [-0.1, -0.05) is 188 Å². The van der Waals surface area contributed by atoms with Gasteiger partial charge in [0.15, 0.2) is 0 Å². The van der Waals surface area contributed by atoms with Gasteiger partial charge >= 0.3 is 0 Å². The van der Waals surface area contributed by atoms with E-state index in [9.17, 15) is 0 Å². The molecule has 11 aromatic carbocycles. The molecule has 334 valence electrons. The number of para-hydroxylation sites is 3. The smallest absolute Gasteiger partial charge is 0.135 e. The minimum absolute atomic E-state index is 0.886. The van der Waals surface area contributed by atoms with Crippen molar-refractivity contribution in [3.8, 4) is 33.4 Å². The van der Waals surface area contributed by atoms with Gasteiger partial charge in [-0.15, -0.1) is 0 Å². The fraction of sp³-hybridized carbons (Fsp3) is 0.0462. The number of rotatable bonds is 9. The summed E-state index contributed by atoms with van der Waals surface area (Å²) in [6, 6.07) is 86.7. The molecule has 0 fully saturated rings. The van der Waals surface area contributed by atoms with E-state index in [0.717, 1.165) is 56.1 Å². The molecule has 0 saturated heterocycles. The first kappa shape index (κ1) is 42.0. The molecule has 1 aromatic heterocycles. The third-order valence-corrected chi connectivity index (χ3v) is 17.2. The number of hydrogen-bond donors (Lipinski definition) is 0. The molecule has 0 bridgehead atoms. The Hall–Kier alpha value is -8.09. The molecule has 0 spiro atoms. The topological polar surface area (TPSA) is 19.6 Å². The molecule has 70 heavy (non-hydrogen) atoms. The Labute approximate surface area is 413 Å². The lowest BCUT2D eigenvalue weighted by Crippen LogP contribution is -2.37. The Kier molecular flexibility index (Phi) is 10.1. The van der Waals surface area contributed by atoms with Crippen LogP contribution in [-0.4, -0.2) is 8.07 Å². The number of anilines is 6. The molecule has 1 aliphatic rings. The minimum atomic E-state index is -1.53. The molecule has 0 amide bonds. The zero-order chi connectivity index (χ0) is 46.9. The summed E-state index contributed by atoms with van der Waals surface area (Å²) in [5.74, 6) is 0. The summed E-state index contributed by atoms with van der Waals surface area (Å²) in [4.78, 5) is 7.32. The Balaban J connectivity index is 1.02. The highest BCUT2D eigenvalue weighted by Crippen LogP contribution is 2.56. The van der Waals surface area contributed by atoms with Crippen LogP contribution in [0.5, 0.6) is 0 Å². The molecule has 13 rings (SSSR count). The molecule has 0 unspecified atom stereocenters. The Morgan fingerprint density at radius 1 is 0.357 bits per heavy atom. The summed E-state index contributed by atoms with van der Waals surface area (Å²) in [6.07, 6.45) is 0. The van der Waals surface area contributed by atoms with Gasteiger partial charge in [0.25, 0.3) is 0 Å². The molecule has 12 aromatic rings. The lowest BCUT2D eigenvalue weighted by Gasteiger charge is -2.30. The maximum Gasteiger partial charge on any atom is 0.135 e. The molecular formula is C65H48N2OSSi. The van der Waals surface area contributed by atoms with Crippen LogP contribution in [0.15, 0.2) is 251 Å². The second-order valence-electron chi connectivity index (χ2n) is 19.3. The van der Waals surface area contributed by atoms with Crippen molar-refractivity contribution in [1.29, 1.82) is 0 Å². The second-order valence-corrected chi connectivity index (χ2v) is 25.4. The van der Waals surface area contributed by atoms with Crippen molar-refractivity contribution >= 4 is 103 Å². The van der Waals surface area contributed by atoms with Crippen molar-refractivity contribution in [3.63, 3.8) is 0 Å². The average molecular weight is 933 g/mol. The van der Waals surface area contributed by atoms with Crippen LogP contribution in [0.2, 0.25) is 19.6 Å². The fourth-order valence-electron chi connectivity index (χ4n) is 10.6. The summed E-state index contributed by atoms with van der Waals surface area (Å²) in [7, 11) is -1.53. The van der Waals surface area contributed by atoms with E-state index in [1.807, 2.05) is 23.9 Å². The van der Waals surface area contributed by atoms with Gasteiger partial charge < -0.3 is 14.2 Å². The van der Waals surface area contributed by atoms with Gasteiger partial charge in [-0.3, -0.25) is 0 Å². The lowest BCUT2D eigenvalue weighted by atomic mass is 9.84. The molecule has 0 saturated carbocycles. The van der Waals surface area contributed by atoms with E-state index in [1.165, 1.54) is 69.9 Å². The van der Waals surface area contributed by atoms with Crippen molar-refractivity contribution in [2.24, 2.45) is 0 Å². The SMILES string of the molecule is C[Si](C)(C)c1ccc(N(c2ccc3c(-c4ccccc4)c4c5c(cccc5c3c2)Sc2cc(N(c3ccccc3)c3ccc5oc6ccccc6c5c3)ccc2-4)c2ccccc2-c2ccccc2)cc1. The lowest BCUT2D eigenvalue weighted by molar-refractivity contribution is 0.669. The fourth-order valence-corrected chi connectivity index (χ4v) is 13.0. The van der Waals surface area contributed by atoms with Gasteiger partial charge in [0.05, 0.1) is 13.8 Å². The summed E-state index contributed by atoms with van der Waals surface area (Å²) < 4.78 is 6.28. The van der Waals surface area contributed by atoms with Crippen molar-refractivity contribution in [3.05, 3.63) is 237 Å². The molecule has 0 atom stereocenters. The largest absolute Gasteiger partial charge is 0.456 e. The number of benzene rings is 11. The van der Waals surface area contributed by atoms with Crippen LogP contribution in [0.3, 0.4) is 0 Å². The monoisotopic (exact) mass is 932 g/mol. The van der Waals surface area contributed by atoms with E-state index in [2.05, 4.69) is 254 Å². The van der Waals surface area contributed by atoms with Crippen molar-refractivity contribution in [1.82, 2.24) is 0 Å². The minimum Gasteiger partial charge on any atom is -0.456 e. The maximum atomic E-state index is 6.28. The molecule has 0 aliphatic carbocycles. The zero-order valence-electron chi connectivity index (χ0n) is 39.2. The van der Waals surface area contributed by atoms with Crippen LogP contribution < -0.4 is 15.0 Å². The van der Waals surface area contributed by atoms with E-state index >= 15 is 0 Å². The predicted molar refractivity (Wildman–Crippen MR) is 302 cm³/mol. The van der Waals surface area contributed by atoms with E-state index in [0.29, 0.717) is 0 Å². The van der Waals surface area contributed by atoms with Gasteiger partial charge in [-0.05, 0) is 123 Å². The number of furan rings is 1. The van der Waals surface area contributed by atoms with Crippen molar-refractivity contribution in [2.45, 2.75) is 29.4 Å². The molecule has 3 nitrogen and oxygen atoms in total. The quantitative estimate of drug-likeness (QED) is 0.106. The average Bonchev–Trinajstić information content (AvgIpc) is 3.78. The zero-order valence-corrected chi connectivity index (χ0v) is 41.0. The third-order valence-electron chi connectivity index (χ3n) is 14.0. The Bertz CT molecular complexity index is 3960. The summed E-state index contributed by atoms with van der Waals surface area (Å²) >= 11 is 1.87. The number of nitrogens with zero attached hydrogens (tertiary/aromatic N) is 2. The summed E-state index contributed by atoms with van der Waals surface area (Å²) in [5.41, 5.74) is 15.8. The molecule has 0 N–H and O–H groups in total. The van der Waals surface area contributed by atoms with Crippen LogP contribution >= 0.6 is 11.8 Å².